The molecule has 9 heteroatoms. The number of benzene rings is 1. The smallest absolute Gasteiger partial charge is 0.439 e. The molecule has 0 amide bonds. The first kappa shape index (κ1) is 13.3. The van der Waals surface area contributed by atoms with Gasteiger partial charge in [0.25, 0.3) is 0 Å². The van der Waals surface area contributed by atoms with E-state index in [1.807, 2.05) is 6.07 Å². The summed E-state index contributed by atoms with van der Waals surface area (Å²) in [7, 11) is 0. The second-order valence-corrected chi connectivity index (χ2v) is 5.30. The Morgan fingerprint density at radius 1 is 1.18 bits per heavy atom. The second-order valence-electron chi connectivity index (χ2n) is 4.52. The third kappa shape index (κ3) is 1.90. The van der Waals surface area contributed by atoms with Crippen molar-refractivity contribution in [3.63, 3.8) is 0 Å². The molecule has 0 bridgehead atoms. The van der Waals surface area contributed by atoms with Crippen LogP contribution >= 0.6 is 23.2 Å². The van der Waals surface area contributed by atoms with Gasteiger partial charge in [-0.3, -0.25) is 9.51 Å². The van der Waals surface area contributed by atoms with Crippen molar-refractivity contribution in [1.82, 2.24) is 20.1 Å². The van der Waals surface area contributed by atoms with Crippen LogP contribution in [-0.4, -0.2) is 20.1 Å². The molecule has 3 aromatic rings. The molecule has 4 rings (SSSR count). The SMILES string of the molecule is O=c1[nH]c(-c2ncnc3c2OCc2c-3ccc(Cl)c2Cl)no1. The predicted octanol–water partition coefficient (Wildman–Crippen LogP) is 2.69. The summed E-state index contributed by atoms with van der Waals surface area (Å²) in [5.41, 5.74) is 2.44. The minimum atomic E-state index is -0.673. The van der Waals surface area contributed by atoms with E-state index < -0.39 is 5.76 Å². The maximum atomic E-state index is 11.1. The molecular weight excluding hydrogens is 331 g/mol. The summed E-state index contributed by atoms with van der Waals surface area (Å²) in [5.74, 6) is -0.0986. The first-order valence-corrected chi connectivity index (χ1v) is 6.92. The summed E-state index contributed by atoms with van der Waals surface area (Å²) in [6.07, 6.45) is 1.35. The van der Waals surface area contributed by atoms with E-state index in [1.54, 1.807) is 6.07 Å². The first-order valence-electron chi connectivity index (χ1n) is 6.16. The Balaban J connectivity index is 1.96. The zero-order valence-corrected chi connectivity index (χ0v) is 12.3. The largest absolute Gasteiger partial charge is 0.484 e. The lowest BCUT2D eigenvalue weighted by atomic mass is 10.0. The number of ether oxygens (including phenoxy) is 1. The zero-order chi connectivity index (χ0) is 15.3. The number of halogens is 2. The number of nitrogens with zero attached hydrogens (tertiary/aromatic N) is 3. The quantitative estimate of drug-likeness (QED) is 0.734. The van der Waals surface area contributed by atoms with Crippen molar-refractivity contribution in [2.24, 2.45) is 0 Å². The Hall–Kier alpha value is -2.38. The van der Waals surface area contributed by atoms with Gasteiger partial charge in [-0.15, -0.1) is 0 Å². The van der Waals surface area contributed by atoms with Gasteiger partial charge in [-0.1, -0.05) is 34.4 Å². The highest BCUT2D eigenvalue weighted by Gasteiger charge is 2.26. The number of hydrogen-bond acceptors (Lipinski definition) is 6. The van der Waals surface area contributed by atoms with E-state index in [0.717, 1.165) is 11.1 Å². The minimum absolute atomic E-state index is 0.173. The number of hydrogen-bond donors (Lipinski definition) is 1. The molecule has 0 saturated carbocycles. The number of fused-ring (bicyclic) bond motifs is 3. The van der Waals surface area contributed by atoms with E-state index in [0.29, 0.717) is 27.2 Å². The Morgan fingerprint density at radius 3 is 2.77 bits per heavy atom. The molecule has 0 atom stereocenters. The number of H-pyrrole nitrogens is 1. The zero-order valence-electron chi connectivity index (χ0n) is 10.8. The summed E-state index contributed by atoms with van der Waals surface area (Å²) >= 11 is 12.2. The van der Waals surface area contributed by atoms with Crippen LogP contribution in [0.25, 0.3) is 22.8 Å². The number of nitrogens with one attached hydrogen (secondary N) is 1. The molecule has 3 heterocycles. The minimum Gasteiger partial charge on any atom is -0.484 e. The van der Waals surface area contributed by atoms with Gasteiger partial charge in [0.2, 0.25) is 5.82 Å². The number of aromatic amines is 1. The molecule has 0 unspecified atom stereocenters. The fourth-order valence-corrected chi connectivity index (χ4v) is 2.70. The Kier molecular flexibility index (Phi) is 2.91. The fraction of sp³-hybridized carbons (Fsp3) is 0.0769. The van der Waals surface area contributed by atoms with Gasteiger partial charge in [0, 0.05) is 11.1 Å². The summed E-state index contributed by atoms with van der Waals surface area (Å²) in [4.78, 5) is 21.9. The van der Waals surface area contributed by atoms with E-state index in [1.165, 1.54) is 6.33 Å². The third-order valence-electron chi connectivity index (χ3n) is 3.28. The molecule has 0 spiro atoms. The van der Waals surface area contributed by atoms with Gasteiger partial charge in [0.15, 0.2) is 11.4 Å². The average molecular weight is 337 g/mol. The molecule has 110 valence electrons. The molecule has 1 aromatic carbocycles. The molecule has 1 aliphatic rings. The highest BCUT2D eigenvalue weighted by atomic mass is 35.5. The molecular formula is C13H6Cl2N4O3. The average Bonchev–Trinajstić information content (AvgIpc) is 2.96. The normalized spacial score (nSPS) is 12.5. The van der Waals surface area contributed by atoms with Crippen LogP contribution in [0.5, 0.6) is 5.75 Å². The van der Waals surface area contributed by atoms with Crippen molar-refractivity contribution in [1.29, 1.82) is 0 Å². The highest BCUT2D eigenvalue weighted by molar-refractivity contribution is 6.42. The van der Waals surface area contributed by atoms with Crippen molar-refractivity contribution in [3.8, 4) is 28.5 Å². The summed E-state index contributed by atoms with van der Waals surface area (Å²) < 4.78 is 10.2. The van der Waals surface area contributed by atoms with Crippen LogP contribution in [0.2, 0.25) is 10.0 Å². The second kappa shape index (κ2) is 4.82. The maximum absolute atomic E-state index is 11.1. The number of aromatic nitrogens is 4. The summed E-state index contributed by atoms with van der Waals surface area (Å²) in [6, 6.07) is 3.50. The van der Waals surface area contributed by atoms with E-state index >= 15 is 0 Å². The molecule has 22 heavy (non-hydrogen) atoms. The van der Waals surface area contributed by atoms with Crippen molar-refractivity contribution in [2.45, 2.75) is 6.61 Å². The van der Waals surface area contributed by atoms with Crippen molar-refractivity contribution < 1.29 is 9.26 Å². The lowest BCUT2D eigenvalue weighted by molar-refractivity contribution is 0.300. The van der Waals surface area contributed by atoms with Crippen LogP contribution in [0, 0.1) is 0 Å². The van der Waals surface area contributed by atoms with Crippen LogP contribution in [0.4, 0.5) is 0 Å². The topological polar surface area (TPSA) is 93.9 Å². The van der Waals surface area contributed by atoms with Crippen LogP contribution in [-0.2, 0) is 6.61 Å². The van der Waals surface area contributed by atoms with Gasteiger partial charge in [-0.2, -0.15) is 0 Å². The molecule has 0 saturated heterocycles. The molecule has 7 nitrogen and oxygen atoms in total. The number of rotatable bonds is 1. The summed E-state index contributed by atoms with van der Waals surface area (Å²) in [6.45, 7) is 0.212. The lowest BCUT2D eigenvalue weighted by Gasteiger charge is -2.22. The Labute approximate surface area is 132 Å². The first-order chi connectivity index (χ1) is 10.6. The predicted molar refractivity (Wildman–Crippen MR) is 77.9 cm³/mol. The van der Waals surface area contributed by atoms with Gasteiger partial charge in [-0.05, 0) is 6.07 Å². The molecule has 1 aliphatic heterocycles. The Bertz CT molecular complexity index is 951. The van der Waals surface area contributed by atoms with E-state index in [4.69, 9.17) is 27.9 Å². The van der Waals surface area contributed by atoms with Crippen molar-refractivity contribution in [3.05, 3.63) is 44.6 Å². The van der Waals surface area contributed by atoms with Gasteiger partial charge >= 0.3 is 5.76 Å². The van der Waals surface area contributed by atoms with E-state index in [-0.39, 0.29) is 12.4 Å². The molecule has 0 fully saturated rings. The van der Waals surface area contributed by atoms with Gasteiger partial charge in [-0.25, -0.2) is 14.8 Å². The molecule has 0 aliphatic carbocycles. The summed E-state index contributed by atoms with van der Waals surface area (Å²) in [5, 5.41) is 4.50. The van der Waals surface area contributed by atoms with E-state index in [2.05, 4.69) is 24.6 Å². The van der Waals surface area contributed by atoms with Gasteiger partial charge < -0.3 is 4.74 Å². The van der Waals surface area contributed by atoms with Crippen LogP contribution in [0.1, 0.15) is 5.56 Å². The highest BCUT2D eigenvalue weighted by Crippen LogP contribution is 2.43. The third-order valence-corrected chi connectivity index (χ3v) is 4.12. The van der Waals surface area contributed by atoms with E-state index in [9.17, 15) is 4.79 Å². The van der Waals surface area contributed by atoms with Crippen LogP contribution in [0.3, 0.4) is 0 Å². The van der Waals surface area contributed by atoms with Gasteiger partial charge in [0.05, 0.1) is 10.0 Å². The van der Waals surface area contributed by atoms with Crippen LogP contribution < -0.4 is 10.5 Å². The fourth-order valence-electron chi connectivity index (χ4n) is 2.30. The lowest BCUT2D eigenvalue weighted by Crippen LogP contribution is -2.10. The molecule has 0 radical (unpaired) electrons. The van der Waals surface area contributed by atoms with Gasteiger partial charge in [0.1, 0.15) is 18.6 Å². The van der Waals surface area contributed by atoms with Crippen LogP contribution in [0.15, 0.2) is 27.8 Å². The van der Waals surface area contributed by atoms with Crippen molar-refractivity contribution in [2.75, 3.05) is 0 Å². The Morgan fingerprint density at radius 2 is 2.00 bits per heavy atom. The van der Waals surface area contributed by atoms with Crippen molar-refractivity contribution >= 4 is 23.2 Å². The standard InChI is InChI=1S/C13H6Cl2N4O3/c14-7-2-1-5-6(8(7)15)3-21-11-9(5)16-4-17-10(11)12-18-13(20)22-19-12/h1-2,4H,3H2,(H,18,19,20). The maximum Gasteiger partial charge on any atom is 0.439 e. The monoisotopic (exact) mass is 336 g/mol. The molecule has 1 N–H and O–H groups in total. The molecule has 2 aromatic heterocycles.